The third-order valence-corrected chi connectivity index (χ3v) is 2.60. The van der Waals surface area contributed by atoms with Crippen molar-refractivity contribution in [2.45, 2.75) is 19.8 Å². The van der Waals surface area contributed by atoms with Crippen LogP contribution < -0.4 is 10.1 Å². The van der Waals surface area contributed by atoms with Crippen molar-refractivity contribution in [2.24, 2.45) is 0 Å². The highest BCUT2D eigenvalue weighted by molar-refractivity contribution is 9.10. The smallest absolute Gasteiger partial charge is 0.119 e. The van der Waals surface area contributed by atoms with Crippen LogP contribution in [0.1, 0.15) is 19.8 Å². The van der Waals surface area contributed by atoms with Crippen LogP contribution in [-0.2, 0) is 0 Å². The van der Waals surface area contributed by atoms with E-state index in [9.17, 15) is 0 Å². The van der Waals surface area contributed by atoms with E-state index in [-0.39, 0.29) is 12.4 Å². The van der Waals surface area contributed by atoms with Gasteiger partial charge in [0.2, 0.25) is 0 Å². The Bertz CT molecular complexity index is 266. The van der Waals surface area contributed by atoms with Gasteiger partial charge in [-0.1, -0.05) is 29.3 Å². The first-order valence-corrected chi connectivity index (χ1v) is 6.21. The Labute approximate surface area is 112 Å². The van der Waals surface area contributed by atoms with Crippen molar-refractivity contribution in [2.75, 3.05) is 19.7 Å². The molecular formula is C12H19BrClNO. The Morgan fingerprint density at radius 2 is 1.88 bits per heavy atom. The largest absolute Gasteiger partial charge is 0.492 e. The molecule has 1 rings (SSSR count). The number of unbranched alkanes of at least 4 members (excludes halogenated alkanes) is 1. The predicted molar refractivity (Wildman–Crippen MR) is 74.7 cm³/mol. The van der Waals surface area contributed by atoms with E-state index >= 15 is 0 Å². The van der Waals surface area contributed by atoms with E-state index in [1.807, 2.05) is 24.3 Å². The summed E-state index contributed by atoms with van der Waals surface area (Å²) in [5.74, 6) is 0.926. The summed E-state index contributed by atoms with van der Waals surface area (Å²) in [6.45, 7) is 4.92. The molecule has 0 fully saturated rings. The van der Waals surface area contributed by atoms with Crippen LogP contribution in [0.25, 0.3) is 0 Å². The Balaban J connectivity index is 0.00000225. The van der Waals surface area contributed by atoms with Crippen LogP contribution in [0.2, 0.25) is 0 Å². The van der Waals surface area contributed by atoms with Gasteiger partial charge in [-0.15, -0.1) is 12.4 Å². The van der Waals surface area contributed by atoms with Crippen LogP contribution >= 0.6 is 28.3 Å². The maximum atomic E-state index is 5.56. The minimum absolute atomic E-state index is 0. The number of hydrogen-bond acceptors (Lipinski definition) is 2. The summed E-state index contributed by atoms with van der Waals surface area (Å²) in [6, 6.07) is 7.91. The second kappa shape index (κ2) is 9.94. The molecule has 0 unspecified atom stereocenters. The Morgan fingerprint density at radius 1 is 1.19 bits per heavy atom. The maximum absolute atomic E-state index is 5.56. The van der Waals surface area contributed by atoms with Gasteiger partial charge >= 0.3 is 0 Å². The zero-order valence-electron chi connectivity index (χ0n) is 9.54. The standard InChI is InChI=1S/C12H18BrNO.ClH/c1-2-3-8-14-9-10-15-12-6-4-11(13)5-7-12;/h4-7,14H,2-3,8-10H2,1H3;1H. The number of benzene rings is 1. The molecule has 1 aromatic carbocycles. The van der Waals surface area contributed by atoms with Crippen LogP contribution in [-0.4, -0.2) is 19.7 Å². The lowest BCUT2D eigenvalue weighted by Gasteiger charge is -2.07. The van der Waals surface area contributed by atoms with Gasteiger partial charge in [0.1, 0.15) is 12.4 Å². The number of ether oxygens (including phenoxy) is 1. The first-order chi connectivity index (χ1) is 7.33. The molecular weight excluding hydrogens is 289 g/mol. The van der Waals surface area contributed by atoms with Gasteiger partial charge in [-0.3, -0.25) is 0 Å². The normalized spacial score (nSPS) is 9.62. The molecule has 0 aliphatic rings. The van der Waals surface area contributed by atoms with Gasteiger partial charge in [-0.2, -0.15) is 0 Å². The van der Waals surface area contributed by atoms with Gasteiger partial charge in [-0.25, -0.2) is 0 Å². The summed E-state index contributed by atoms with van der Waals surface area (Å²) in [4.78, 5) is 0. The summed E-state index contributed by atoms with van der Waals surface area (Å²) < 4.78 is 6.64. The van der Waals surface area contributed by atoms with Crippen LogP contribution in [0.4, 0.5) is 0 Å². The quantitative estimate of drug-likeness (QED) is 0.777. The molecule has 92 valence electrons. The zero-order chi connectivity index (χ0) is 10.9. The van der Waals surface area contributed by atoms with Crippen LogP contribution in [0, 0.1) is 0 Å². The van der Waals surface area contributed by atoms with Crippen LogP contribution in [0.3, 0.4) is 0 Å². The molecule has 0 spiro atoms. The maximum Gasteiger partial charge on any atom is 0.119 e. The van der Waals surface area contributed by atoms with Crippen molar-refractivity contribution < 1.29 is 4.74 Å². The van der Waals surface area contributed by atoms with Crippen molar-refractivity contribution >= 4 is 28.3 Å². The minimum Gasteiger partial charge on any atom is -0.492 e. The monoisotopic (exact) mass is 307 g/mol. The molecule has 1 aromatic rings. The fourth-order valence-corrected chi connectivity index (χ4v) is 1.46. The summed E-state index contributed by atoms with van der Waals surface area (Å²) in [7, 11) is 0. The summed E-state index contributed by atoms with van der Waals surface area (Å²) in [6.07, 6.45) is 2.47. The third kappa shape index (κ3) is 7.09. The third-order valence-electron chi connectivity index (χ3n) is 2.07. The first kappa shape index (κ1) is 15.8. The van der Waals surface area contributed by atoms with Crippen molar-refractivity contribution in [3.05, 3.63) is 28.7 Å². The highest BCUT2D eigenvalue weighted by Gasteiger charge is 1.93. The highest BCUT2D eigenvalue weighted by atomic mass is 79.9. The van der Waals surface area contributed by atoms with Crippen molar-refractivity contribution in [3.8, 4) is 5.75 Å². The minimum atomic E-state index is 0. The van der Waals surface area contributed by atoms with Crippen LogP contribution in [0.5, 0.6) is 5.75 Å². The van der Waals surface area contributed by atoms with E-state index in [0.29, 0.717) is 0 Å². The lowest BCUT2D eigenvalue weighted by Crippen LogP contribution is -2.21. The number of rotatable bonds is 7. The predicted octanol–water partition coefficient (Wildman–Crippen LogP) is 3.64. The molecule has 0 bridgehead atoms. The van der Waals surface area contributed by atoms with Gasteiger partial charge in [0, 0.05) is 11.0 Å². The Hall–Kier alpha value is -0.250. The van der Waals surface area contributed by atoms with Gasteiger partial charge in [0.05, 0.1) is 0 Å². The fraction of sp³-hybridized carbons (Fsp3) is 0.500. The molecule has 0 radical (unpaired) electrons. The van der Waals surface area contributed by atoms with E-state index in [4.69, 9.17) is 4.74 Å². The SMILES string of the molecule is CCCCNCCOc1ccc(Br)cc1.Cl. The topological polar surface area (TPSA) is 21.3 Å². The average Bonchev–Trinajstić information content (AvgIpc) is 2.26. The van der Waals surface area contributed by atoms with Crippen molar-refractivity contribution in [1.82, 2.24) is 5.32 Å². The number of hydrogen-bond donors (Lipinski definition) is 1. The molecule has 0 heterocycles. The van der Waals surface area contributed by atoms with Crippen molar-refractivity contribution in [1.29, 1.82) is 0 Å². The first-order valence-electron chi connectivity index (χ1n) is 5.42. The fourth-order valence-electron chi connectivity index (χ4n) is 1.20. The lowest BCUT2D eigenvalue weighted by atomic mass is 10.3. The van der Waals surface area contributed by atoms with Gasteiger partial charge in [-0.05, 0) is 37.2 Å². The van der Waals surface area contributed by atoms with Gasteiger partial charge in [0.25, 0.3) is 0 Å². The molecule has 16 heavy (non-hydrogen) atoms. The second-order valence-corrected chi connectivity index (χ2v) is 4.32. The summed E-state index contributed by atoms with van der Waals surface area (Å²) in [5.41, 5.74) is 0. The summed E-state index contributed by atoms with van der Waals surface area (Å²) in [5, 5.41) is 3.33. The van der Waals surface area contributed by atoms with E-state index in [0.717, 1.165) is 29.9 Å². The molecule has 0 saturated carbocycles. The summed E-state index contributed by atoms with van der Waals surface area (Å²) >= 11 is 3.39. The second-order valence-electron chi connectivity index (χ2n) is 3.41. The highest BCUT2D eigenvalue weighted by Crippen LogP contribution is 2.15. The molecule has 4 heteroatoms. The lowest BCUT2D eigenvalue weighted by molar-refractivity contribution is 0.314. The van der Waals surface area contributed by atoms with Gasteiger partial charge in [0.15, 0.2) is 0 Å². The molecule has 2 nitrogen and oxygen atoms in total. The van der Waals surface area contributed by atoms with E-state index in [1.165, 1.54) is 12.8 Å². The van der Waals surface area contributed by atoms with Crippen LogP contribution in [0.15, 0.2) is 28.7 Å². The molecule has 0 amide bonds. The molecule has 0 saturated heterocycles. The number of halogens is 2. The molecule has 0 aliphatic heterocycles. The van der Waals surface area contributed by atoms with Crippen molar-refractivity contribution in [3.63, 3.8) is 0 Å². The molecule has 0 atom stereocenters. The van der Waals surface area contributed by atoms with E-state index in [2.05, 4.69) is 28.2 Å². The number of nitrogens with one attached hydrogen (secondary N) is 1. The zero-order valence-corrected chi connectivity index (χ0v) is 11.9. The molecule has 0 aliphatic carbocycles. The molecule has 1 N–H and O–H groups in total. The Morgan fingerprint density at radius 3 is 2.50 bits per heavy atom. The van der Waals surface area contributed by atoms with E-state index in [1.54, 1.807) is 0 Å². The average molecular weight is 309 g/mol. The van der Waals surface area contributed by atoms with E-state index < -0.39 is 0 Å². The Kier molecular flexibility index (Phi) is 9.78. The molecule has 0 aromatic heterocycles. The van der Waals surface area contributed by atoms with Gasteiger partial charge < -0.3 is 10.1 Å².